The highest BCUT2D eigenvalue weighted by molar-refractivity contribution is 8.18. The summed E-state index contributed by atoms with van der Waals surface area (Å²) in [7, 11) is 1.48. The maximum absolute atomic E-state index is 14.2. The van der Waals surface area contributed by atoms with Crippen LogP contribution in [-0.2, 0) is 17.9 Å². The lowest BCUT2D eigenvalue weighted by molar-refractivity contribution is -0.123. The van der Waals surface area contributed by atoms with Crippen LogP contribution in [0.5, 0.6) is 11.5 Å². The van der Waals surface area contributed by atoms with Crippen molar-refractivity contribution in [2.24, 2.45) is 0 Å². The Morgan fingerprint density at radius 1 is 1.03 bits per heavy atom. The van der Waals surface area contributed by atoms with E-state index in [0.29, 0.717) is 17.1 Å². The average molecular weight is 502 g/mol. The molecule has 0 spiro atoms. The summed E-state index contributed by atoms with van der Waals surface area (Å²) in [6.45, 7) is -0.145. The second-order valence-corrected chi connectivity index (χ2v) is 8.66. The molecule has 3 aromatic carbocycles. The molecule has 4 rings (SSSR count). The smallest absolute Gasteiger partial charge is 0.293 e. The van der Waals surface area contributed by atoms with Crippen LogP contribution in [0.4, 0.5) is 13.6 Å². The molecule has 0 saturated carbocycles. The SMILES string of the molecule is COc1cccc(/C=C2\SC(=O)N(Cc3c(F)cccc3Cl)C2=O)c1OCc1ccc(F)cc1. The van der Waals surface area contributed by atoms with Crippen molar-refractivity contribution in [2.45, 2.75) is 13.2 Å². The number of methoxy groups -OCH3 is 1. The van der Waals surface area contributed by atoms with Crippen LogP contribution in [0.3, 0.4) is 0 Å². The molecule has 1 fully saturated rings. The summed E-state index contributed by atoms with van der Waals surface area (Å²) in [6.07, 6.45) is 1.52. The lowest BCUT2D eigenvalue weighted by Crippen LogP contribution is -2.28. The molecule has 0 radical (unpaired) electrons. The van der Waals surface area contributed by atoms with Crippen molar-refractivity contribution in [3.05, 3.63) is 98.9 Å². The number of carbonyl (C=O) groups is 2. The zero-order valence-corrected chi connectivity index (χ0v) is 19.5. The number of thioether (sulfide) groups is 1. The lowest BCUT2D eigenvalue weighted by atomic mass is 10.1. The molecule has 174 valence electrons. The highest BCUT2D eigenvalue weighted by Crippen LogP contribution is 2.38. The molecule has 1 aliphatic rings. The van der Waals surface area contributed by atoms with E-state index in [0.717, 1.165) is 22.2 Å². The number of para-hydroxylation sites is 1. The molecule has 0 N–H and O–H groups in total. The Kier molecular flexibility index (Phi) is 7.19. The van der Waals surface area contributed by atoms with Crippen LogP contribution in [0.1, 0.15) is 16.7 Å². The van der Waals surface area contributed by atoms with E-state index in [2.05, 4.69) is 0 Å². The number of imide groups is 1. The van der Waals surface area contributed by atoms with E-state index in [1.54, 1.807) is 30.3 Å². The number of amides is 2. The van der Waals surface area contributed by atoms with Gasteiger partial charge in [0.05, 0.1) is 18.6 Å². The first kappa shape index (κ1) is 23.8. The van der Waals surface area contributed by atoms with E-state index in [1.165, 1.54) is 43.5 Å². The average Bonchev–Trinajstić information content (AvgIpc) is 3.08. The summed E-state index contributed by atoms with van der Waals surface area (Å²) >= 11 is 6.80. The Morgan fingerprint density at radius 3 is 2.47 bits per heavy atom. The third-order valence-corrected chi connectivity index (χ3v) is 6.33. The summed E-state index contributed by atoms with van der Waals surface area (Å²) in [6, 6.07) is 15.2. The van der Waals surface area contributed by atoms with Crippen LogP contribution in [0.2, 0.25) is 5.02 Å². The van der Waals surface area contributed by atoms with Gasteiger partial charge < -0.3 is 9.47 Å². The van der Waals surface area contributed by atoms with Crippen molar-refractivity contribution in [1.29, 1.82) is 0 Å². The van der Waals surface area contributed by atoms with E-state index in [1.807, 2.05) is 0 Å². The number of benzene rings is 3. The number of carbonyl (C=O) groups excluding carboxylic acids is 2. The molecule has 3 aromatic rings. The van der Waals surface area contributed by atoms with E-state index < -0.39 is 17.0 Å². The number of hydrogen-bond donors (Lipinski definition) is 0. The molecule has 0 atom stereocenters. The minimum Gasteiger partial charge on any atom is -0.493 e. The third kappa shape index (κ3) is 5.08. The predicted molar refractivity (Wildman–Crippen MR) is 127 cm³/mol. The Morgan fingerprint density at radius 2 is 1.76 bits per heavy atom. The van der Waals surface area contributed by atoms with Crippen molar-refractivity contribution in [1.82, 2.24) is 4.90 Å². The first-order valence-electron chi connectivity index (χ1n) is 10.1. The molecular formula is C25H18ClF2NO4S. The largest absolute Gasteiger partial charge is 0.493 e. The van der Waals surface area contributed by atoms with Gasteiger partial charge in [-0.25, -0.2) is 8.78 Å². The molecule has 34 heavy (non-hydrogen) atoms. The normalized spacial score (nSPS) is 14.7. The first-order valence-corrected chi connectivity index (χ1v) is 11.3. The number of halogens is 3. The van der Waals surface area contributed by atoms with Gasteiger partial charge in [-0.15, -0.1) is 0 Å². The van der Waals surface area contributed by atoms with Crippen molar-refractivity contribution in [3.63, 3.8) is 0 Å². The standard InChI is InChI=1S/C25H18ClF2NO4S/c1-32-21-7-2-4-16(23(21)33-14-15-8-10-17(27)11-9-15)12-22-24(30)29(25(31)34-22)13-18-19(26)5-3-6-20(18)28/h2-12H,13-14H2,1H3/b22-12-. The van der Waals surface area contributed by atoms with Gasteiger partial charge in [0.2, 0.25) is 0 Å². The van der Waals surface area contributed by atoms with Crippen molar-refractivity contribution in [2.75, 3.05) is 7.11 Å². The van der Waals surface area contributed by atoms with Gasteiger partial charge in [0.25, 0.3) is 11.1 Å². The Bertz CT molecular complexity index is 1260. The van der Waals surface area contributed by atoms with Crippen LogP contribution in [-0.4, -0.2) is 23.2 Å². The van der Waals surface area contributed by atoms with Crippen LogP contribution in [0.25, 0.3) is 6.08 Å². The minimum atomic E-state index is -0.597. The molecule has 0 unspecified atom stereocenters. The number of ether oxygens (including phenoxy) is 2. The topological polar surface area (TPSA) is 55.8 Å². The van der Waals surface area contributed by atoms with Gasteiger partial charge in [-0.3, -0.25) is 14.5 Å². The zero-order chi connectivity index (χ0) is 24.2. The molecule has 0 aromatic heterocycles. The van der Waals surface area contributed by atoms with Gasteiger partial charge >= 0.3 is 0 Å². The molecule has 9 heteroatoms. The molecule has 1 saturated heterocycles. The minimum absolute atomic E-state index is 0.0671. The van der Waals surface area contributed by atoms with Crippen LogP contribution in [0, 0.1) is 11.6 Å². The Hall–Kier alpha value is -3.36. The van der Waals surface area contributed by atoms with E-state index in [9.17, 15) is 18.4 Å². The molecule has 2 amide bonds. The fraction of sp³-hybridized carbons (Fsp3) is 0.120. The molecule has 1 aliphatic heterocycles. The van der Waals surface area contributed by atoms with Crippen LogP contribution < -0.4 is 9.47 Å². The Labute approximate surface area is 203 Å². The maximum Gasteiger partial charge on any atom is 0.293 e. The van der Waals surface area contributed by atoms with Gasteiger partial charge in [0.15, 0.2) is 11.5 Å². The third-order valence-electron chi connectivity index (χ3n) is 5.06. The second-order valence-electron chi connectivity index (χ2n) is 7.26. The fourth-order valence-corrected chi connectivity index (χ4v) is 4.37. The van der Waals surface area contributed by atoms with Gasteiger partial charge in [-0.05, 0) is 53.7 Å². The quantitative estimate of drug-likeness (QED) is 0.349. The zero-order valence-electron chi connectivity index (χ0n) is 17.9. The summed E-state index contributed by atoms with van der Waals surface area (Å²) in [4.78, 5) is 26.6. The van der Waals surface area contributed by atoms with Crippen LogP contribution in [0.15, 0.2) is 65.6 Å². The van der Waals surface area contributed by atoms with E-state index >= 15 is 0 Å². The monoisotopic (exact) mass is 501 g/mol. The molecule has 0 aliphatic carbocycles. The number of rotatable bonds is 7. The summed E-state index contributed by atoms with van der Waals surface area (Å²) in [5.74, 6) is -0.734. The fourth-order valence-electron chi connectivity index (χ4n) is 3.32. The highest BCUT2D eigenvalue weighted by atomic mass is 35.5. The molecular weight excluding hydrogens is 484 g/mol. The summed E-state index contributed by atoms with van der Waals surface area (Å²) < 4.78 is 38.7. The van der Waals surface area contributed by atoms with Crippen molar-refractivity contribution >= 4 is 40.6 Å². The van der Waals surface area contributed by atoms with Gasteiger partial charge in [0.1, 0.15) is 18.2 Å². The van der Waals surface area contributed by atoms with E-state index in [-0.39, 0.29) is 34.5 Å². The molecule has 5 nitrogen and oxygen atoms in total. The van der Waals surface area contributed by atoms with Crippen molar-refractivity contribution < 1.29 is 27.8 Å². The Balaban J connectivity index is 1.60. The van der Waals surface area contributed by atoms with Crippen LogP contribution >= 0.6 is 23.4 Å². The summed E-state index contributed by atoms with van der Waals surface area (Å²) in [5, 5.41) is -0.403. The predicted octanol–water partition coefficient (Wildman–Crippen LogP) is 6.44. The highest BCUT2D eigenvalue weighted by Gasteiger charge is 2.36. The maximum atomic E-state index is 14.2. The van der Waals surface area contributed by atoms with Gasteiger partial charge in [0, 0.05) is 16.1 Å². The van der Waals surface area contributed by atoms with Gasteiger partial charge in [-0.2, -0.15) is 0 Å². The lowest BCUT2D eigenvalue weighted by Gasteiger charge is -2.15. The number of nitrogens with zero attached hydrogens (tertiary/aromatic N) is 1. The van der Waals surface area contributed by atoms with Gasteiger partial charge in [-0.1, -0.05) is 41.9 Å². The first-order chi connectivity index (χ1) is 16.4. The molecule has 0 bridgehead atoms. The second kappa shape index (κ2) is 10.3. The number of hydrogen-bond acceptors (Lipinski definition) is 5. The van der Waals surface area contributed by atoms with E-state index in [4.69, 9.17) is 21.1 Å². The summed E-state index contributed by atoms with van der Waals surface area (Å²) in [5.41, 5.74) is 1.31. The van der Waals surface area contributed by atoms with Crippen molar-refractivity contribution in [3.8, 4) is 11.5 Å². The molecule has 1 heterocycles.